The molecule has 6 nitrogen and oxygen atoms in total. The van der Waals surface area contributed by atoms with Gasteiger partial charge in [-0.05, 0) is 0 Å². The number of rotatable bonds is 7. The van der Waals surface area contributed by atoms with Crippen molar-refractivity contribution in [2.24, 2.45) is 0 Å². The molecule has 1 heterocycles. The van der Waals surface area contributed by atoms with E-state index < -0.39 is 0 Å². The van der Waals surface area contributed by atoms with Gasteiger partial charge >= 0.3 is 0 Å². The third kappa shape index (κ3) is 4.46. The van der Waals surface area contributed by atoms with Gasteiger partial charge in [0, 0.05) is 32.7 Å². The van der Waals surface area contributed by atoms with Crippen molar-refractivity contribution in [3.8, 4) is 0 Å². The average molecular weight is 254 g/mol. The van der Waals surface area contributed by atoms with E-state index in [0.29, 0.717) is 24.8 Å². The van der Waals surface area contributed by atoms with Crippen molar-refractivity contribution < 1.29 is 9.47 Å². The number of nitrogens with one attached hydrogen (secondary N) is 1. The normalized spacial score (nSPS) is 12.7. The Morgan fingerprint density at radius 2 is 2.06 bits per heavy atom. The molecular formula is C12H22N4O2. The predicted octanol–water partition coefficient (Wildman–Crippen LogP) is 1.26. The van der Waals surface area contributed by atoms with Gasteiger partial charge in [0.25, 0.3) is 0 Å². The highest BCUT2D eigenvalue weighted by Crippen LogP contribution is 2.15. The van der Waals surface area contributed by atoms with Crippen molar-refractivity contribution in [1.29, 1.82) is 0 Å². The quantitative estimate of drug-likeness (QED) is 0.762. The van der Waals surface area contributed by atoms with E-state index in [1.54, 1.807) is 20.3 Å². The van der Waals surface area contributed by atoms with E-state index in [-0.39, 0.29) is 12.0 Å². The molecule has 0 aliphatic carbocycles. The van der Waals surface area contributed by atoms with Crippen LogP contribution in [0.1, 0.15) is 25.6 Å². The third-order valence-electron chi connectivity index (χ3n) is 2.48. The molecule has 1 unspecified atom stereocenters. The molecule has 0 aliphatic rings. The lowest BCUT2D eigenvalue weighted by Crippen LogP contribution is -2.27. The number of nitrogens with zero attached hydrogens (tertiary/aromatic N) is 2. The van der Waals surface area contributed by atoms with E-state index >= 15 is 0 Å². The Labute approximate surface area is 108 Å². The number of hydrogen-bond donors (Lipinski definition) is 2. The van der Waals surface area contributed by atoms with Gasteiger partial charge in [0.15, 0.2) is 0 Å². The molecule has 0 saturated carbocycles. The highest BCUT2D eigenvalue weighted by molar-refractivity contribution is 5.45. The van der Waals surface area contributed by atoms with E-state index in [4.69, 9.17) is 15.2 Å². The molecule has 0 bridgehead atoms. The average Bonchev–Trinajstić information content (AvgIpc) is 2.33. The summed E-state index contributed by atoms with van der Waals surface area (Å²) in [5, 5.41) is 3.18. The smallest absolute Gasteiger partial charge is 0.135 e. The maximum Gasteiger partial charge on any atom is 0.135 e. The number of aromatic nitrogens is 2. The Balaban J connectivity index is 2.66. The van der Waals surface area contributed by atoms with E-state index in [1.807, 2.05) is 13.8 Å². The molecule has 0 amide bonds. The highest BCUT2D eigenvalue weighted by Gasteiger charge is 2.09. The monoisotopic (exact) mass is 254 g/mol. The Kier molecular flexibility index (Phi) is 5.80. The second kappa shape index (κ2) is 7.13. The maximum atomic E-state index is 5.75. The Morgan fingerprint density at radius 1 is 1.33 bits per heavy atom. The molecule has 0 spiro atoms. The van der Waals surface area contributed by atoms with Crippen molar-refractivity contribution >= 4 is 11.6 Å². The molecule has 1 aromatic rings. The summed E-state index contributed by atoms with van der Waals surface area (Å²) in [6.45, 7) is 5.20. The first-order chi connectivity index (χ1) is 8.56. The summed E-state index contributed by atoms with van der Waals surface area (Å²) in [5.74, 6) is 2.16. The standard InChI is InChI=1S/C12H22N4O2/c1-8(2)12-15-10(13)5-11(16-12)14-6-9(18-4)7-17-3/h5,8-9H,6-7H2,1-4H3,(H3,13,14,15,16). The van der Waals surface area contributed by atoms with Crippen LogP contribution in [0.5, 0.6) is 0 Å². The van der Waals surface area contributed by atoms with Crippen molar-refractivity contribution in [3.63, 3.8) is 0 Å². The predicted molar refractivity (Wildman–Crippen MR) is 71.7 cm³/mol. The zero-order chi connectivity index (χ0) is 13.5. The van der Waals surface area contributed by atoms with Crippen molar-refractivity contribution in [2.75, 3.05) is 38.4 Å². The molecule has 0 fully saturated rings. The van der Waals surface area contributed by atoms with Crippen molar-refractivity contribution in [1.82, 2.24) is 9.97 Å². The summed E-state index contributed by atoms with van der Waals surface area (Å²) in [4.78, 5) is 8.59. The summed E-state index contributed by atoms with van der Waals surface area (Å²) in [7, 11) is 3.30. The fourth-order valence-electron chi connectivity index (χ4n) is 1.45. The minimum atomic E-state index is -0.0197. The van der Waals surface area contributed by atoms with Crippen LogP contribution in [0.3, 0.4) is 0 Å². The van der Waals surface area contributed by atoms with E-state index in [9.17, 15) is 0 Å². The second-order valence-corrected chi connectivity index (χ2v) is 4.38. The lowest BCUT2D eigenvalue weighted by molar-refractivity contribution is 0.0365. The van der Waals surface area contributed by atoms with Gasteiger partial charge in [-0.15, -0.1) is 0 Å². The van der Waals surface area contributed by atoms with Crippen LogP contribution in [0.25, 0.3) is 0 Å². The summed E-state index contributed by atoms with van der Waals surface area (Å²) in [6.07, 6.45) is -0.0197. The molecule has 3 N–H and O–H groups in total. The van der Waals surface area contributed by atoms with Gasteiger partial charge in [0.1, 0.15) is 17.5 Å². The fraction of sp³-hybridized carbons (Fsp3) is 0.667. The minimum Gasteiger partial charge on any atom is -0.384 e. The Morgan fingerprint density at radius 3 is 2.61 bits per heavy atom. The number of nitrogens with two attached hydrogens (primary N) is 1. The van der Waals surface area contributed by atoms with Gasteiger partial charge in [0.2, 0.25) is 0 Å². The molecule has 1 atom stereocenters. The number of methoxy groups -OCH3 is 2. The maximum absolute atomic E-state index is 5.75. The van der Waals surface area contributed by atoms with Crippen molar-refractivity contribution in [3.05, 3.63) is 11.9 Å². The Bertz CT molecular complexity index is 371. The summed E-state index contributed by atoms with van der Waals surface area (Å²) >= 11 is 0. The number of ether oxygens (including phenoxy) is 2. The SMILES string of the molecule is COCC(CNc1cc(N)nc(C(C)C)n1)OC. The highest BCUT2D eigenvalue weighted by atomic mass is 16.5. The molecule has 0 radical (unpaired) electrons. The molecule has 0 aliphatic heterocycles. The zero-order valence-corrected chi connectivity index (χ0v) is 11.4. The van der Waals surface area contributed by atoms with Gasteiger partial charge in [-0.25, -0.2) is 9.97 Å². The third-order valence-corrected chi connectivity index (χ3v) is 2.48. The van der Waals surface area contributed by atoms with Crippen LogP contribution in [-0.2, 0) is 9.47 Å². The number of anilines is 2. The van der Waals surface area contributed by atoms with E-state index in [2.05, 4.69) is 15.3 Å². The van der Waals surface area contributed by atoms with Gasteiger partial charge in [-0.3, -0.25) is 0 Å². The van der Waals surface area contributed by atoms with E-state index in [0.717, 1.165) is 5.82 Å². The first-order valence-corrected chi connectivity index (χ1v) is 5.96. The second-order valence-electron chi connectivity index (χ2n) is 4.38. The van der Waals surface area contributed by atoms with Crippen LogP contribution in [0.2, 0.25) is 0 Å². The first-order valence-electron chi connectivity index (χ1n) is 5.96. The molecular weight excluding hydrogens is 232 g/mol. The molecule has 102 valence electrons. The van der Waals surface area contributed by atoms with Crippen LogP contribution < -0.4 is 11.1 Å². The molecule has 18 heavy (non-hydrogen) atoms. The van der Waals surface area contributed by atoms with Crippen LogP contribution in [0, 0.1) is 0 Å². The van der Waals surface area contributed by atoms with Crippen LogP contribution >= 0.6 is 0 Å². The first kappa shape index (κ1) is 14.7. The zero-order valence-electron chi connectivity index (χ0n) is 11.4. The van der Waals surface area contributed by atoms with Gasteiger partial charge in [-0.2, -0.15) is 0 Å². The van der Waals surface area contributed by atoms with Crippen LogP contribution in [0.15, 0.2) is 6.07 Å². The molecule has 0 saturated heterocycles. The molecule has 1 rings (SSSR count). The van der Waals surface area contributed by atoms with E-state index in [1.165, 1.54) is 0 Å². The molecule has 0 aromatic carbocycles. The van der Waals surface area contributed by atoms with Gasteiger partial charge in [0.05, 0.1) is 12.7 Å². The summed E-state index contributed by atoms with van der Waals surface area (Å²) < 4.78 is 10.3. The van der Waals surface area contributed by atoms with Gasteiger partial charge in [-0.1, -0.05) is 13.8 Å². The number of nitrogen functional groups attached to an aromatic ring is 1. The van der Waals surface area contributed by atoms with Crippen molar-refractivity contribution in [2.45, 2.75) is 25.9 Å². The minimum absolute atomic E-state index is 0.0197. The van der Waals surface area contributed by atoms with Crippen LogP contribution in [0.4, 0.5) is 11.6 Å². The topological polar surface area (TPSA) is 82.3 Å². The summed E-state index contributed by atoms with van der Waals surface area (Å²) in [6, 6.07) is 1.71. The largest absolute Gasteiger partial charge is 0.384 e. The van der Waals surface area contributed by atoms with Gasteiger partial charge < -0.3 is 20.5 Å². The fourth-order valence-corrected chi connectivity index (χ4v) is 1.45. The lowest BCUT2D eigenvalue weighted by Gasteiger charge is -2.16. The van der Waals surface area contributed by atoms with Crippen LogP contribution in [-0.4, -0.2) is 43.4 Å². The lowest BCUT2D eigenvalue weighted by atomic mass is 10.2. The number of hydrogen-bond acceptors (Lipinski definition) is 6. The Hall–Kier alpha value is -1.40. The molecule has 1 aromatic heterocycles. The molecule has 6 heteroatoms. The summed E-state index contributed by atoms with van der Waals surface area (Å²) in [5.41, 5.74) is 5.75.